The third kappa shape index (κ3) is 5.37. The monoisotopic (exact) mass is 476 g/mol. The van der Waals surface area contributed by atoms with E-state index in [4.69, 9.17) is 4.43 Å². The molecule has 3 rings (SSSR count). The Morgan fingerprint density at radius 2 is 1.24 bits per heavy atom. The van der Waals surface area contributed by atoms with Crippen LogP contribution in [0.15, 0.2) is 84.9 Å². The minimum Gasteiger partial charge on any atom is -0.405 e. The molecule has 0 saturated heterocycles. The lowest BCUT2D eigenvalue weighted by molar-refractivity contribution is -0.137. The van der Waals surface area contributed by atoms with Crippen LogP contribution in [0.2, 0.25) is 5.04 Å². The van der Waals surface area contributed by atoms with E-state index >= 15 is 4.39 Å². The fourth-order valence-electron chi connectivity index (χ4n) is 4.13. The quantitative estimate of drug-likeness (QED) is 0.353. The van der Waals surface area contributed by atoms with Gasteiger partial charge in [-0.1, -0.05) is 93.6 Å². The van der Waals surface area contributed by atoms with Crippen molar-refractivity contribution in [2.24, 2.45) is 0 Å². The highest BCUT2D eigenvalue weighted by Crippen LogP contribution is 2.37. The minimum atomic E-state index is -4.50. The minimum absolute atomic E-state index is 0.0263. The standard InChI is InChI=1S/C26H28F4O2Si/c1-25(2,3)33(21-10-6-4-7-11-21,22-12-8-5-9-13-22)32-18-23(31)24(27)19-14-16-20(17-15-19)26(28,29)30/h4-17,23-24,31H,18H2,1-3H3/t23-,24-/m1/s1. The van der Waals surface area contributed by atoms with Crippen LogP contribution in [0.1, 0.15) is 38.1 Å². The van der Waals surface area contributed by atoms with Crippen molar-refractivity contribution in [1.29, 1.82) is 0 Å². The molecule has 3 aromatic carbocycles. The fourth-order valence-corrected chi connectivity index (χ4v) is 8.71. The molecule has 0 amide bonds. The summed E-state index contributed by atoms with van der Waals surface area (Å²) in [5, 5.41) is 12.2. The van der Waals surface area contributed by atoms with Crippen LogP contribution in [-0.4, -0.2) is 26.1 Å². The predicted octanol–water partition coefficient (Wildman–Crippen LogP) is 5.65. The molecule has 176 valence electrons. The normalized spacial score (nSPS) is 14.7. The number of aliphatic hydroxyl groups is 1. The van der Waals surface area contributed by atoms with E-state index in [1.54, 1.807) is 0 Å². The van der Waals surface area contributed by atoms with Crippen LogP contribution in [0.3, 0.4) is 0 Å². The molecule has 0 saturated carbocycles. The Bertz CT molecular complexity index is 977. The van der Waals surface area contributed by atoms with Gasteiger partial charge < -0.3 is 9.53 Å². The van der Waals surface area contributed by atoms with Gasteiger partial charge >= 0.3 is 6.18 Å². The molecule has 0 aliphatic rings. The van der Waals surface area contributed by atoms with Crippen LogP contribution in [0.25, 0.3) is 0 Å². The van der Waals surface area contributed by atoms with Crippen molar-refractivity contribution < 1.29 is 27.1 Å². The van der Waals surface area contributed by atoms with Gasteiger partial charge in [-0.3, -0.25) is 0 Å². The summed E-state index contributed by atoms with van der Waals surface area (Å²) in [5.41, 5.74) is -0.891. The van der Waals surface area contributed by atoms with Gasteiger partial charge in [-0.05, 0) is 33.1 Å². The Morgan fingerprint density at radius 3 is 1.64 bits per heavy atom. The second-order valence-electron chi connectivity index (χ2n) is 9.06. The van der Waals surface area contributed by atoms with E-state index in [0.717, 1.165) is 34.6 Å². The largest absolute Gasteiger partial charge is 0.416 e. The molecule has 0 aliphatic carbocycles. The maximum absolute atomic E-state index is 15.0. The molecule has 7 heteroatoms. The topological polar surface area (TPSA) is 29.5 Å². The Balaban J connectivity index is 1.91. The molecule has 0 radical (unpaired) electrons. The van der Waals surface area contributed by atoms with Crippen LogP contribution in [0.4, 0.5) is 17.6 Å². The molecular weight excluding hydrogens is 448 g/mol. The SMILES string of the molecule is CC(C)(C)[Si](OC[C@@H](O)[C@H](F)c1ccc(C(F)(F)F)cc1)(c1ccccc1)c1ccccc1. The first-order valence-corrected chi connectivity index (χ1v) is 12.6. The highest BCUT2D eigenvalue weighted by molar-refractivity contribution is 6.99. The van der Waals surface area contributed by atoms with Gasteiger partial charge in [-0.2, -0.15) is 13.2 Å². The van der Waals surface area contributed by atoms with Crippen LogP contribution in [-0.2, 0) is 10.6 Å². The van der Waals surface area contributed by atoms with Crippen LogP contribution in [0.5, 0.6) is 0 Å². The van der Waals surface area contributed by atoms with Gasteiger partial charge in [0.1, 0.15) is 6.10 Å². The van der Waals surface area contributed by atoms with Crippen LogP contribution in [0, 0.1) is 0 Å². The lowest BCUT2D eigenvalue weighted by Gasteiger charge is -2.43. The fraction of sp³-hybridized carbons (Fsp3) is 0.308. The van der Waals surface area contributed by atoms with Gasteiger partial charge in [0.15, 0.2) is 6.17 Å². The van der Waals surface area contributed by atoms with E-state index in [-0.39, 0.29) is 17.2 Å². The van der Waals surface area contributed by atoms with E-state index in [9.17, 15) is 18.3 Å². The summed E-state index contributed by atoms with van der Waals surface area (Å²) >= 11 is 0. The Hall–Kier alpha value is -2.48. The molecule has 2 nitrogen and oxygen atoms in total. The molecule has 0 bridgehead atoms. The summed E-state index contributed by atoms with van der Waals surface area (Å²) < 4.78 is 60.0. The van der Waals surface area contributed by atoms with Crippen LogP contribution >= 0.6 is 0 Å². The molecule has 0 unspecified atom stereocenters. The second-order valence-corrected chi connectivity index (χ2v) is 13.4. The van der Waals surface area contributed by atoms with Crippen molar-refractivity contribution in [3.63, 3.8) is 0 Å². The van der Waals surface area contributed by atoms with E-state index in [1.165, 1.54) is 0 Å². The smallest absolute Gasteiger partial charge is 0.405 e. The van der Waals surface area contributed by atoms with Crippen molar-refractivity contribution >= 4 is 18.7 Å². The summed E-state index contributed by atoms with van der Waals surface area (Å²) in [6.07, 6.45) is -7.93. The number of aliphatic hydroxyl groups excluding tert-OH is 1. The predicted molar refractivity (Wildman–Crippen MR) is 125 cm³/mol. The summed E-state index contributed by atoms with van der Waals surface area (Å²) in [7, 11) is -2.97. The molecule has 1 N–H and O–H groups in total. The highest BCUT2D eigenvalue weighted by atomic mass is 28.4. The molecule has 0 aliphatic heterocycles. The van der Waals surface area contributed by atoms with Crippen molar-refractivity contribution in [1.82, 2.24) is 0 Å². The average molecular weight is 477 g/mol. The molecule has 0 aromatic heterocycles. The number of benzene rings is 3. The summed E-state index contributed by atoms with van der Waals surface area (Å²) in [5.74, 6) is 0. The highest BCUT2D eigenvalue weighted by Gasteiger charge is 2.50. The first-order valence-electron chi connectivity index (χ1n) is 10.7. The summed E-state index contributed by atoms with van der Waals surface area (Å²) in [4.78, 5) is 0. The first kappa shape index (κ1) is 25.1. The molecule has 0 fully saturated rings. The van der Waals surface area contributed by atoms with Gasteiger partial charge in [0, 0.05) is 0 Å². The van der Waals surface area contributed by atoms with Crippen molar-refractivity contribution in [3.8, 4) is 0 Å². The molecule has 3 aromatic rings. The third-order valence-electron chi connectivity index (χ3n) is 5.78. The van der Waals surface area contributed by atoms with Crippen molar-refractivity contribution in [2.75, 3.05) is 6.61 Å². The first-order chi connectivity index (χ1) is 15.5. The zero-order valence-electron chi connectivity index (χ0n) is 18.8. The molecule has 0 heterocycles. The zero-order chi connectivity index (χ0) is 24.3. The van der Waals surface area contributed by atoms with Gasteiger partial charge in [0.05, 0.1) is 12.2 Å². The summed E-state index contributed by atoms with van der Waals surface area (Å²) in [6, 6.07) is 23.2. The Morgan fingerprint density at radius 1 is 0.788 bits per heavy atom. The molecule has 2 atom stereocenters. The van der Waals surface area contributed by atoms with Gasteiger partial charge in [0.2, 0.25) is 0 Å². The molecule has 0 spiro atoms. The maximum Gasteiger partial charge on any atom is 0.416 e. The van der Waals surface area contributed by atoms with Crippen molar-refractivity contribution in [2.45, 2.75) is 44.3 Å². The Kier molecular flexibility index (Phi) is 7.46. The number of hydrogen-bond acceptors (Lipinski definition) is 2. The number of halogens is 4. The van der Waals surface area contributed by atoms with Gasteiger partial charge in [0.25, 0.3) is 8.32 Å². The van der Waals surface area contributed by atoms with Crippen molar-refractivity contribution in [3.05, 3.63) is 96.1 Å². The molecular formula is C26H28F4O2Si. The van der Waals surface area contributed by atoms with E-state index in [1.807, 2.05) is 60.7 Å². The lowest BCUT2D eigenvalue weighted by Crippen LogP contribution is -2.67. The summed E-state index contributed by atoms with van der Waals surface area (Å²) in [6.45, 7) is 5.90. The van der Waals surface area contributed by atoms with E-state index in [2.05, 4.69) is 20.8 Å². The van der Waals surface area contributed by atoms with Gasteiger partial charge in [-0.15, -0.1) is 0 Å². The number of rotatable bonds is 7. The maximum atomic E-state index is 15.0. The van der Waals surface area contributed by atoms with E-state index < -0.39 is 32.3 Å². The Labute approximate surface area is 193 Å². The third-order valence-corrected chi connectivity index (χ3v) is 10.8. The number of hydrogen-bond donors (Lipinski definition) is 1. The van der Waals surface area contributed by atoms with E-state index in [0.29, 0.717) is 0 Å². The second kappa shape index (κ2) is 9.79. The lowest BCUT2D eigenvalue weighted by atomic mass is 10.0. The number of alkyl halides is 4. The molecule has 33 heavy (non-hydrogen) atoms. The van der Waals surface area contributed by atoms with Gasteiger partial charge in [-0.25, -0.2) is 4.39 Å². The average Bonchev–Trinajstić information content (AvgIpc) is 2.79. The van der Waals surface area contributed by atoms with Crippen LogP contribution < -0.4 is 10.4 Å². The zero-order valence-corrected chi connectivity index (χ0v) is 19.8.